The highest BCUT2D eigenvalue weighted by molar-refractivity contribution is 5.95. The summed E-state index contributed by atoms with van der Waals surface area (Å²) in [6.45, 7) is 10.3. The van der Waals surface area contributed by atoms with E-state index < -0.39 is 0 Å². The Kier molecular flexibility index (Phi) is 6.40. The van der Waals surface area contributed by atoms with Crippen molar-refractivity contribution < 1.29 is 4.74 Å². The van der Waals surface area contributed by atoms with E-state index in [0.717, 1.165) is 87.9 Å². The lowest BCUT2D eigenvalue weighted by Gasteiger charge is -2.42. The van der Waals surface area contributed by atoms with Crippen LogP contribution in [-0.2, 0) is 17.7 Å². The maximum absolute atomic E-state index is 9.50. The van der Waals surface area contributed by atoms with Crippen molar-refractivity contribution >= 4 is 22.5 Å². The lowest BCUT2D eigenvalue weighted by Crippen LogP contribution is -2.54. The fourth-order valence-electron chi connectivity index (χ4n) is 5.66. The minimum Gasteiger partial charge on any atom is -0.370 e. The van der Waals surface area contributed by atoms with E-state index in [1.54, 1.807) is 6.20 Å². The van der Waals surface area contributed by atoms with Gasteiger partial charge in [0.2, 0.25) is 5.95 Å². The van der Waals surface area contributed by atoms with Crippen molar-refractivity contribution in [2.75, 3.05) is 62.2 Å². The summed E-state index contributed by atoms with van der Waals surface area (Å²) in [4.78, 5) is 21.2. The summed E-state index contributed by atoms with van der Waals surface area (Å²) in [5.74, 6) is 0.866. The SMILES string of the molecule is CC1CN(c2ccc(C#N)c3ncccc23)CC(CN2CCN(c3ncc4c(n3)CCNC4)CC2)O1. The molecule has 9 nitrogen and oxygen atoms in total. The number of ether oxygens (including phenoxy) is 1. The smallest absolute Gasteiger partial charge is 0.225 e. The highest BCUT2D eigenvalue weighted by atomic mass is 16.5. The highest BCUT2D eigenvalue weighted by Gasteiger charge is 2.30. The van der Waals surface area contributed by atoms with Crippen LogP contribution in [0.2, 0.25) is 0 Å². The van der Waals surface area contributed by atoms with Gasteiger partial charge in [0.05, 0.1) is 29.0 Å². The molecule has 3 aliphatic heterocycles. The van der Waals surface area contributed by atoms with Crippen molar-refractivity contribution in [3.05, 3.63) is 53.5 Å². The zero-order valence-electron chi connectivity index (χ0n) is 20.7. The van der Waals surface area contributed by atoms with Gasteiger partial charge in [-0.05, 0) is 31.2 Å². The van der Waals surface area contributed by atoms with E-state index in [9.17, 15) is 5.26 Å². The zero-order chi connectivity index (χ0) is 24.5. The molecule has 2 fully saturated rings. The summed E-state index contributed by atoms with van der Waals surface area (Å²) >= 11 is 0. The Labute approximate surface area is 211 Å². The predicted molar refractivity (Wildman–Crippen MR) is 139 cm³/mol. The van der Waals surface area contributed by atoms with Crippen LogP contribution in [0.5, 0.6) is 0 Å². The first-order valence-electron chi connectivity index (χ1n) is 12.9. The van der Waals surface area contributed by atoms with Crippen LogP contribution in [0.1, 0.15) is 23.7 Å². The van der Waals surface area contributed by atoms with E-state index in [1.165, 1.54) is 11.3 Å². The Morgan fingerprint density at radius 1 is 1.11 bits per heavy atom. The molecule has 2 aromatic heterocycles. The van der Waals surface area contributed by atoms with E-state index in [4.69, 9.17) is 9.72 Å². The van der Waals surface area contributed by atoms with Crippen LogP contribution < -0.4 is 15.1 Å². The molecule has 1 N–H and O–H groups in total. The molecule has 0 saturated carbocycles. The van der Waals surface area contributed by atoms with Gasteiger partial charge in [-0.15, -0.1) is 0 Å². The molecule has 186 valence electrons. The summed E-state index contributed by atoms with van der Waals surface area (Å²) in [7, 11) is 0. The van der Waals surface area contributed by atoms with Crippen LogP contribution in [-0.4, -0.2) is 84.4 Å². The number of aromatic nitrogens is 3. The molecule has 2 atom stereocenters. The van der Waals surface area contributed by atoms with Gasteiger partial charge in [0.1, 0.15) is 6.07 Å². The molecule has 9 heteroatoms. The lowest BCUT2D eigenvalue weighted by atomic mass is 10.1. The molecule has 36 heavy (non-hydrogen) atoms. The molecule has 2 unspecified atom stereocenters. The van der Waals surface area contributed by atoms with Crippen molar-refractivity contribution in [1.29, 1.82) is 5.26 Å². The summed E-state index contributed by atoms with van der Waals surface area (Å²) in [5, 5.41) is 13.9. The third-order valence-corrected chi connectivity index (χ3v) is 7.45. The van der Waals surface area contributed by atoms with Crippen molar-refractivity contribution in [2.45, 2.75) is 32.1 Å². The van der Waals surface area contributed by atoms with Gasteiger partial charge in [0.15, 0.2) is 0 Å². The Morgan fingerprint density at radius 3 is 2.86 bits per heavy atom. The summed E-state index contributed by atoms with van der Waals surface area (Å²) in [6, 6.07) is 10.2. The quantitative estimate of drug-likeness (QED) is 0.596. The maximum atomic E-state index is 9.50. The number of piperazine rings is 1. The van der Waals surface area contributed by atoms with Gasteiger partial charge in [-0.3, -0.25) is 9.88 Å². The third kappa shape index (κ3) is 4.60. The Bertz CT molecular complexity index is 1280. The van der Waals surface area contributed by atoms with Crippen LogP contribution in [0.25, 0.3) is 10.9 Å². The number of nitrogens with one attached hydrogen (secondary N) is 1. The van der Waals surface area contributed by atoms with E-state index in [1.807, 2.05) is 18.3 Å². The van der Waals surface area contributed by atoms with Gasteiger partial charge in [0, 0.05) is 94.4 Å². The Morgan fingerprint density at radius 2 is 2.00 bits per heavy atom. The molecule has 0 amide bonds. The number of nitrogens with zero attached hydrogens (tertiary/aromatic N) is 7. The van der Waals surface area contributed by atoms with Gasteiger partial charge >= 0.3 is 0 Å². The molecular weight excluding hydrogens is 452 g/mol. The standard InChI is InChI=1S/C27H32N8O/c1-19-16-35(25-5-4-20(13-28)26-23(25)3-2-7-30-26)18-22(36-19)17-33-9-11-34(12-10-33)27-31-15-21-14-29-8-6-24(21)32-27/h2-5,7,15,19,22,29H,6,8-12,14,16-18H2,1H3. The minimum absolute atomic E-state index is 0.121. The van der Waals surface area contributed by atoms with Crippen LogP contribution in [0.15, 0.2) is 36.7 Å². The van der Waals surface area contributed by atoms with E-state index >= 15 is 0 Å². The number of fused-ring (bicyclic) bond motifs is 2. The van der Waals surface area contributed by atoms with Gasteiger partial charge in [-0.1, -0.05) is 0 Å². The van der Waals surface area contributed by atoms with Crippen molar-refractivity contribution in [3.63, 3.8) is 0 Å². The number of anilines is 2. The Balaban J connectivity index is 1.11. The van der Waals surface area contributed by atoms with Crippen LogP contribution >= 0.6 is 0 Å². The normalized spacial score (nSPS) is 22.9. The monoisotopic (exact) mass is 484 g/mol. The molecule has 3 aromatic rings. The number of hydrogen-bond donors (Lipinski definition) is 1. The number of hydrogen-bond acceptors (Lipinski definition) is 9. The van der Waals surface area contributed by atoms with E-state index in [2.05, 4.69) is 55.1 Å². The summed E-state index contributed by atoms with van der Waals surface area (Å²) < 4.78 is 6.38. The number of benzene rings is 1. The average Bonchev–Trinajstić information content (AvgIpc) is 2.92. The Hall–Kier alpha value is -3.32. The van der Waals surface area contributed by atoms with Gasteiger partial charge < -0.3 is 19.9 Å². The highest BCUT2D eigenvalue weighted by Crippen LogP contribution is 2.30. The van der Waals surface area contributed by atoms with Crippen LogP contribution in [0, 0.1) is 11.3 Å². The minimum atomic E-state index is 0.121. The largest absolute Gasteiger partial charge is 0.370 e. The molecule has 3 aliphatic rings. The molecule has 0 aliphatic carbocycles. The molecular formula is C27H32N8O. The molecule has 6 rings (SSSR count). The number of morpholine rings is 1. The maximum Gasteiger partial charge on any atom is 0.225 e. The molecule has 2 saturated heterocycles. The topological polar surface area (TPSA) is 93.4 Å². The predicted octanol–water partition coefficient (Wildman–Crippen LogP) is 1.96. The second kappa shape index (κ2) is 9.97. The van der Waals surface area contributed by atoms with Gasteiger partial charge in [-0.25, -0.2) is 9.97 Å². The fourth-order valence-corrected chi connectivity index (χ4v) is 5.66. The summed E-state index contributed by atoms with van der Waals surface area (Å²) in [6.07, 6.45) is 4.97. The first-order valence-corrected chi connectivity index (χ1v) is 12.9. The van der Waals surface area contributed by atoms with Crippen molar-refractivity contribution in [2.24, 2.45) is 0 Å². The molecule has 0 bridgehead atoms. The average molecular weight is 485 g/mol. The van der Waals surface area contributed by atoms with Crippen molar-refractivity contribution in [1.82, 2.24) is 25.2 Å². The van der Waals surface area contributed by atoms with E-state index in [0.29, 0.717) is 5.56 Å². The first kappa shape index (κ1) is 23.1. The zero-order valence-corrected chi connectivity index (χ0v) is 20.7. The van der Waals surface area contributed by atoms with Crippen LogP contribution in [0.3, 0.4) is 0 Å². The second-order valence-corrected chi connectivity index (χ2v) is 9.97. The van der Waals surface area contributed by atoms with E-state index in [-0.39, 0.29) is 12.2 Å². The summed E-state index contributed by atoms with van der Waals surface area (Å²) in [5.41, 5.74) is 4.93. The lowest BCUT2D eigenvalue weighted by molar-refractivity contribution is -0.0327. The second-order valence-electron chi connectivity index (χ2n) is 9.97. The third-order valence-electron chi connectivity index (χ3n) is 7.45. The molecule has 0 radical (unpaired) electrons. The number of rotatable bonds is 4. The first-order chi connectivity index (χ1) is 17.7. The fraction of sp³-hybridized carbons (Fsp3) is 0.481. The molecule has 1 aromatic carbocycles. The van der Waals surface area contributed by atoms with Crippen molar-refractivity contribution in [3.8, 4) is 6.07 Å². The van der Waals surface area contributed by atoms with Crippen LogP contribution in [0.4, 0.5) is 11.6 Å². The number of pyridine rings is 1. The number of nitriles is 1. The van der Waals surface area contributed by atoms with Gasteiger partial charge in [0.25, 0.3) is 0 Å². The van der Waals surface area contributed by atoms with Gasteiger partial charge in [-0.2, -0.15) is 5.26 Å². The molecule has 0 spiro atoms. The molecule has 5 heterocycles.